The van der Waals surface area contributed by atoms with Crippen LogP contribution in [0.25, 0.3) is 0 Å². The van der Waals surface area contributed by atoms with Crippen molar-refractivity contribution in [3.8, 4) is 0 Å². The molecular weight excluding hydrogens is 190 g/mol. The lowest BCUT2D eigenvalue weighted by atomic mass is 9.89. The predicted molar refractivity (Wildman–Crippen MR) is 48.8 cm³/mol. The molecule has 2 bridgehead atoms. The molecule has 0 radical (unpaired) electrons. The summed E-state index contributed by atoms with van der Waals surface area (Å²) in [6, 6.07) is 0. The fourth-order valence-electron chi connectivity index (χ4n) is 2.22. The molecule has 1 N–H and O–H groups in total. The number of hydrogen-bond donors (Lipinski definition) is 1. The molecule has 5 heteroatoms. The minimum Gasteiger partial charge on any atom is -0.375 e. The monoisotopic (exact) mass is 205 g/mol. The maximum absolute atomic E-state index is 10.8. The molecule has 2 fully saturated rings. The molecule has 0 spiro atoms. The third-order valence-electron chi connectivity index (χ3n) is 2.84. The second kappa shape index (κ2) is 3.22. The average molecular weight is 205 g/mol. The number of sulfonamides is 1. The molecule has 4 nitrogen and oxygen atoms in total. The largest absolute Gasteiger partial charge is 0.375 e. The van der Waals surface area contributed by atoms with E-state index in [4.69, 9.17) is 4.74 Å². The van der Waals surface area contributed by atoms with Crippen molar-refractivity contribution in [1.82, 2.24) is 4.72 Å². The number of nitrogens with one attached hydrogen (secondary N) is 1. The second-order valence-corrected chi connectivity index (χ2v) is 5.82. The van der Waals surface area contributed by atoms with Gasteiger partial charge in [0.15, 0.2) is 0 Å². The first-order valence-corrected chi connectivity index (χ1v) is 6.54. The summed E-state index contributed by atoms with van der Waals surface area (Å²) in [5.41, 5.74) is 0. The second-order valence-electron chi connectivity index (χ2n) is 3.99. The highest BCUT2D eigenvalue weighted by Gasteiger charge is 2.40. The Bertz CT molecular complexity index is 288. The van der Waals surface area contributed by atoms with E-state index in [-0.39, 0.29) is 0 Å². The van der Waals surface area contributed by atoms with Gasteiger partial charge >= 0.3 is 0 Å². The Kier molecular flexibility index (Phi) is 2.33. The molecule has 0 unspecified atom stereocenters. The van der Waals surface area contributed by atoms with Gasteiger partial charge in [-0.15, -0.1) is 0 Å². The molecule has 0 saturated carbocycles. The smallest absolute Gasteiger partial charge is 0.208 e. The van der Waals surface area contributed by atoms with E-state index in [1.165, 1.54) is 6.26 Å². The van der Waals surface area contributed by atoms with Crippen molar-refractivity contribution in [3.63, 3.8) is 0 Å². The van der Waals surface area contributed by atoms with Crippen molar-refractivity contribution in [2.24, 2.45) is 5.92 Å². The predicted octanol–water partition coefficient (Wildman–Crippen LogP) is 0.103. The van der Waals surface area contributed by atoms with Gasteiger partial charge in [0.2, 0.25) is 10.0 Å². The lowest BCUT2D eigenvalue weighted by Crippen LogP contribution is -2.32. The van der Waals surface area contributed by atoms with Crippen molar-refractivity contribution in [3.05, 3.63) is 0 Å². The number of ether oxygens (including phenoxy) is 1. The van der Waals surface area contributed by atoms with E-state index in [1.54, 1.807) is 0 Å². The van der Waals surface area contributed by atoms with Gasteiger partial charge in [-0.3, -0.25) is 0 Å². The summed E-state index contributed by atoms with van der Waals surface area (Å²) >= 11 is 0. The average Bonchev–Trinajstić information content (AvgIpc) is 2.58. The van der Waals surface area contributed by atoms with Crippen molar-refractivity contribution >= 4 is 10.0 Å². The Morgan fingerprint density at radius 3 is 2.69 bits per heavy atom. The summed E-state index contributed by atoms with van der Waals surface area (Å²) in [5, 5.41) is 0. The van der Waals surface area contributed by atoms with Crippen molar-refractivity contribution < 1.29 is 13.2 Å². The van der Waals surface area contributed by atoms with Crippen LogP contribution >= 0.6 is 0 Å². The Balaban J connectivity index is 1.84. The van der Waals surface area contributed by atoms with E-state index in [9.17, 15) is 8.42 Å². The van der Waals surface area contributed by atoms with Gasteiger partial charge < -0.3 is 4.74 Å². The highest BCUT2D eigenvalue weighted by atomic mass is 32.2. The van der Waals surface area contributed by atoms with E-state index in [0.29, 0.717) is 24.7 Å². The fraction of sp³-hybridized carbons (Fsp3) is 1.00. The van der Waals surface area contributed by atoms with Crippen LogP contribution in [0.4, 0.5) is 0 Å². The van der Waals surface area contributed by atoms with E-state index < -0.39 is 10.0 Å². The van der Waals surface area contributed by atoms with Crippen LogP contribution in [-0.2, 0) is 14.8 Å². The lowest BCUT2D eigenvalue weighted by molar-refractivity contribution is 0.0932. The molecule has 0 aliphatic carbocycles. The first kappa shape index (κ1) is 9.43. The molecule has 0 amide bonds. The summed E-state index contributed by atoms with van der Waals surface area (Å²) in [7, 11) is -3.03. The van der Waals surface area contributed by atoms with Crippen molar-refractivity contribution in [2.75, 3.05) is 12.8 Å². The van der Waals surface area contributed by atoms with E-state index >= 15 is 0 Å². The molecule has 2 saturated heterocycles. The SMILES string of the molecule is CS(=O)(=O)NC[C@@H]1C[C@@H]2CC[C@H]1O2. The summed E-state index contributed by atoms with van der Waals surface area (Å²) in [5.74, 6) is 0.397. The topological polar surface area (TPSA) is 55.4 Å². The van der Waals surface area contributed by atoms with Gasteiger partial charge in [0.05, 0.1) is 18.5 Å². The first-order chi connectivity index (χ1) is 6.04. The van der Waals surface area contributed by atoms with Crippen molar-refractivity contribution in [2.45, 2.75) is 31.5 Å². The van der Waals surface area contributed by atoms with Gasteiger partial charge in [0.1, 0.15) is 0 Å². The summed E-state index contributed by atoms with van der Waals surface area (Å²) < 4.78 is 29.8. The molecule has 2 aliphatic rings. The van der Waals surface area contributed by atoms with Crippen molar-refractivity contribution in [1.29, 1.82) is 0 Å². The Labute approximate surface area is 78.7 Å². The Morgan fingerprint density at radius 2 is 2.23 bits per heavy atom. The first-order valence-electron chi connectivity index (χ1n) is 4.65. The molecule has 76 valence electrons. The van der Waals surface area contributed by atoms with Crippen LogP contribution in [0.15, 0.2) is 0 Å². The van der Waals surface area contributed by atoms with Crippen LogP contribution < -0.4 is 4.72 Å². The number of fused-ring (bicyclic) bond motifs is 2. The van der Waals surface area contributed by atoms with E-state index in [1.807, 2.05) is 0 Å². The zero-order chi connectivity index (χ0) is 9.47. The summed E-state index contributed by atoms with van der Waals surface area (Å²) in [6.45, 7) is 0.542. The van der Waals surface area contributed by atoms with Crippen LogP contribution in [0.5, 0.6) is 0 Å². The van der Waals surface area contributed by atoms with Gasteiger partial charge in [-0.25, -0.2) is 13.1 Å². The molecule has 0 aromatic heterocycles. The molecule has 3 atom stereocenters. The minimum atomic E-state index is -3.03. The lowest BCUT2D eigenvalue weighted by Gasteiger charge is -2.17. The van der Waals surface area contributed by atoms with Crippen LogP contribution in [0.1, 0.15) is 19.3 Å². The zero-order valence-corrected chi connectivity index (χ0v) is 8.51. The maximum atomic E-state index is 10.8. The summed E-state index contributed by atoms with van der Waals surface area (Å²) in [4.78, 5) is 0. The fourth-order valence-corrected chi connectivity index (χ4v) is 2.73. The standard InChI is InChI=1S/C8H15NO3S/c1-13(10,11)9-5-6-4-7-2-3-8(6)12-7/h6-9H,2-5H2,1H3/t6-,7-,8+/m0/s1. The van der Waals surface area contributed by atoms with Gasteiger partial charge in [0.25, 0.3) is 0 Å². The van der Waals surface area contributed by atoms with Crippen LogP contribution in [-0.4, -0.2) is 33.4 Å². The maximum Gasteiger partial charge on any atom is 0.208 e. The van der Waals surface area contributed by atoms with Crippen LogP contribution in [0.2, 0.25) is 0 Å². The minimum absolute atomic E-state index is 0.305. The van der Waals surface area contributed by atoms with Gasteiger partial charge in [0, 0.05) is 12.5 Å². The van der Waals surface area contributed by atoms with Gasteiger partial charge in [-0.1, -0.05) is 0 Å². The molecule has 2 aliphatic heterocycles. The third kappa shape index (κ3) is 2.21. The van der Waals surface area contributed by atoms with E-state index in [0.717, 1.165) is 19.3 Å². The summed E-state index contributed by atoms with van der Waals surface area (Å²) in [6.07, 6.45) is 5.17. The Hall–Kier alpha value is -0.130. The normalized spacial score (nSPS) is 38.4. The quantitative estimate of drug-likeness (QED) is 0.711. The molecule has 13 heavy (non-hydrogen) atoms. The number of hydrogen-bond acceptors (Lipinski definition) is 3. The highest BCUT2D eigenvalue weighted by Crippen LogP contribution is 2.38. The highest BCUT2D eigenvalue weighted by molar-refractivity contribution is 7.88. The van der Waals surface area contributed by atoms with Crippen LogP contribution in [0, 0.1) is 5.92 Å². The Morgan fingerprint density at radius 1 is 1.46 bits per heavy atom. The van der Waals surface area contributed by atoms with Crippen LogP contribution in [0.3, 0.4) is 0 Å². The van der Waals surface area contributed by atoms with E-state index in [2.05, 4.69) is 4.72 Å². The van der Waals surface area contributed by atoms with Gasteiger partial charge in [-0.05, 0) is 19.3 Å². The zero-order valence-electron chi connectivity index (χ0n) is 7.69. The molecule has 0 aromatic carbocycles. The molecule has 0 aromatic rings. The molecular formula is C8H15NO3S. The number of rotatable bonds is 3. The molecule has 2 rings (SSSR count). The molecule has 2 heterocycles. The third-order valence-corrected chi connectivity index (χ3v) is 3.53. The van der Waals surface area contributed by atoms with Gasteiger partial charge in [-0.2, -0.15) is 0 Å².